The molecule has 0 aliphatic heterocycles. The van der Waals surface area contributed by atoms with Crippen LogP contribution in [0.1, 0.15) is 27.2 Å². The van der Waals surface area contributed by atoms with E-state index < -0.39 is 29.8 Å². The van der Waals surface area contributed by atoms with E-state index in [-0.39, 0.29) is 39.5 Å². The number of nitrogens with one attached hydrogen (secondary N) is 3. The number of rotatable bonds is 6. The molecule has 2 aromatic rings. The Hall–Kier alpha value is -3.62. The first-order chi connectivity index (χ1) is 16.2. The van der Waals surface area contributed by atoms with Gasteiger partial charge in [0, 0.05) is 11.1 Å². The van der Waals surface area contributed by atoms with Crippen LogP contribution in [0.4, 0.5) is 10.5 Å². The maximum absolute atomic E-state index is 12.0. The number of ether oxygens (including phenoxy) is 2. The summed E-state index contributed by atoms with van der Waals surface area (Å²) >= 11 is 12.5. The van der Waals surface area contributed by atoms with Gasteiger partial charge in [-0.3, -0.25) is 20.3 Å². The Bertz CT molecular complexity index is 1280. The number of carbonyl (C=O) groups is 2. The van der Waals surface area contributed by atoms with Gasteiger partial charge in [0.05, 0.1) is 25.1 Å². The van der Waals surface area contributed by atoms with Gasteiger partial charge in [0.25, 0.3) is 11.5 Å². The van der Waals surface area contributed by atoms with Crippen LogP contribution in [0.25, 0.3) is 0 Å². The number of aromatic nitrogens is 2. The van der Waals surface area contributed by atoms with Crippen LogP contribution in [0.15, 0.2) is 22.0 Å². The van der Waals surface area contributed by atoms with Crippen molar-refractivity contribution < 1.29 is 21.8 Å². The minimum atomic E-state index is -1.17. The average Bonchev–Trinajstić information content (AvgIpc) is 3.30. The molecule has 0 bridgehead atoms. The summed E-state index contributed by atoms with van der Waals surface area (Å²) in [5.74, 6) is -1.35. The number of nitriles is 1. The smallest absolute Gasteiger partial charge is 0.414 e. The first-order valence-corrected chi connectivity index (χ1v) is 9.93. The summed E-state index contributed by atoms with van der Waals surface area (Å²) in [5.41, 5.74) is 1.91. The van der Waals surface area contributed by atoms with E-state index in [2.05, 4.69) is 25.5 Å². The Kier molecular flexibility index (Phi) is 6.42. The van der Waals surface area contributed by atoms with E-state index in [1.807, 2.05) is 0 Å². The zero-order valence-corrected chi connectivity index (χ0v) is 18.0. The second-order valence-electron chi connectivity index (χ2n) is 6.21. The highest BCUT2D eigenvalue weighted by atomic mass is 35.5. The Morgan fingerprint density at radius 1 is 1.34 bits per heavy atom. The third kappa shape index (κ3) is 5.16. The molecular weight excluding hydrogens is 463 g/mol. The van der Waals surface area contributed by atoms with E-state index in [0.717, 1.165) is 6.42 Å². The first kappa shape index (κ1) is 20.3. The van der Waals surface area contributed by atoms with E-state index in [1.165, 1.54) is 13.0 Å². The molecule has 1 heterocycles. The van der Waals surface area contributed by atoms with Crippen molar-refractivity contribution >= 4 is 46.6 Å². The highest BCUT2D eigenvalue weighted by Crippen LogP contribution is 2.40. The molecular formula is C19H16Cl2N6O5. The summed E-state index contributed by atoms with van der Waals surface area (Å²) in [4.78, 5) is 35.2. The van der Waals surface area contributed by atoms with Crippen molar-refractivity contribution in [2.45, 2.75) is 26.2 Å². The Balaban J connectivity index is 1.91. The Morgan fingerprint density at radius 3 is 2.69 bits per heavy atom. The van der Waals surface area contributed by atoms with Crippen molar-refractivity contribution in [2.24, 2.45) is 5.10 Å². The standard InChI is InChI=1S/C19H16Cl2N6O5/c1-2-31-19(30)23-17(29)14(8-22)25-24-9-6-12(20)15(13(21)7-9)32-18-11-5-3-4-10(11)16(28)26-27-18/h6-7,24H,2-5H2,1H3,(H,26,28)(H,23,29,30)/b25-14-/i6D,7D. The van der Waals surface area contributed by atoms with Gasteiger partial charge >= 0.3 is 6.09 Å². The minimum Gasteiger partial charge on any atom is -0.450 e. The predicted octanol–water partition coefficient (Wildman–Crippen LogP) is 2.92. The second-order valence-corrected chi connectivity index (χ2v) is 6.97. The lowest BCUT2D eigenvalue weighted by Crippen LogP contribution is -2.36. The van der Waals surface area contributed by atoms with Gasteiger partial charge in [-0.25, -0.2) is 9.89 Å². The molecule has 3 N–H and O–H groups in total. The molecule has 1 aromatic carbocycles. The molecule has 166 valence electrons. The fraction of sp³-hybridized carbons (Fsp3) is 0.263. The molecule has 0 spiro atoms. The van der Waals surface area contributed by atoms with Crippen molar-refractivity contribution in [3.63, 3.8) is 0 Å². The molecule has 2 amide bonds. The normalized spacial score (nSPS) is 13.4. The summed E-state index contributed by atoms with van der Waals surface area (Å²) in [7, 11) is 0. The zero-order valence-electron chi connectivity index (χ0n) is 18.5. The van der Waals surface area contributed by atoms with E-state index in [0.29, 0.717) is 24.0 Å². The lowest BCUT2D eigenvalue weighted by atomic mass is 10.2. The number of halogens is 2. The SMILES string of the molecule is [2H]c1c(Cl)c(Oc2n[nH]c(=O)c3c2CCC3)c(Cl)c([2H])c1N/N=C(/C#N)C(=O)NC(=O)OCC. The van der Waals surface area contributed by atoms with E-state index in [4.69, 9.17) is 35.9 Å². The lowest BCUT2D eigenvalue weighted by Gasteiger charge is -2.12. The number of carbonyl (C=O) groups excluding carboxylic acids is 2. The maximum Gasteiger partial charge on any atom is 0.414 e. The van der Waals surface area contributed by atoms with Crippen LogP contribution in [0, 0.1) is 11.3 Å². The summed E-state index contributed by atoms with van der Waals surface area (Å²) in [5, 5.41) is 20.0. The van der Waals surface area contributed by atoms with Crippen LogP contribution < -0.4 is 21.0 Å². The van der Waals surface area contributed by atoms with Gasteiger partial charge in [0.2, 0.25) is 11.6 Å². The number of fused-ring (bicyclic) bond motifs is 1. The van der Waals surface area contributed by atoms with Crippen molar-refractivity contribution in [2.75, 3.05) is 12.0 Å². The van der Waals surface area contributed by atoms with Crippen LogP contribution in [0.3, 0.4) is 0 Å². The molecule has 0 saturated carbocycles. The fourth-order valence-corrected chi connectivity index (χ4v) is 3.31. The highest BCUT2D eigenvalue weighted by molar-refractivity contribution is 6.47. The fourth-order valence-electron chi connectivity index (χ4n) is 2.81. The highest BCUT2D eigenvalue weighted by Gasteiger charge is 2.22. The van der Waals surface area contributed by atoms with Crippen LogP contribution in [0.5, 0.6) is 11.6 Å². The molecule has 1 aliphatic carbocycles. The Labute approximate surface area is 194 Å². The molecule has 3 rings (SSSR count). The summed E-state index contributed by atoms with van der Waals surface area (Å²) in [6.45, 7) is 1.53. The monoisotopic (exact) mass is 480 g/mol. The molecule has 11 nitrogen and oxygen atoms in total. The number of amides is 2. The number of benzene rings is 1. The quantitative estimate of drug-likeness (QED) is 0.420. The molecule has 13 heteroatoms. The number of imide groups is 1. The molecule has 0 saturated heterocycles. The second kappa shape index (κ2) is 10.1. The van der Waals surface area contributed by atoms with E-state index in [1.54, 1.807) is 5.32 Å². The number of anilines is 1. The lowest BCUT2D eigenvalue weighted by molar-refractivity contribution is -0.114. The number of hydrogen-bond acceptors (Lipinski definition) is 9. The molecule has 0 fully saturated rings. The molecule has 1 aliphatic rings. The predicted molar refractivity (Wildman–Crippen MR) is 115 cm³/mol. The molecule has 0 atom stereocenters. The molecule has 1 aromatic heterocycles. The summed E-state index contributed by atoms with van der Waals surface area (Å²) < 4.78 is 26.7. The third-order valence-electron chi connectivity index (χ3n) is 4.17. The summed E-state index contributed by atoms with van der Waals surface area (Å²) in [6.07, 6.45) is 0.774. The topological polar surface area (TPSA) is 159 Å². The van der Waals surface area contributed by atoms with Gasteiger partial charge in [-0.05, 0) is 38.3 Å². The largest absolute Gasteiger partial charge is 0.450 e. The third-order valence-corrected chi connectivity index (χ3v) is 4.70. The van der Waals surface area contributed by atoms with Gasteiger partial charge in [0.15, 0.2) is 5.75 Å². The van der Waals surface area contributed by atoms with Gasteiger partial charge in [0.1, 0.15) is 6.07 Å². The maximum atomic E-state index is 12.0. The number of alkyl carbamates (subject to hydrolysis) is 1. The molecule has 0 radical (unpaired) electrons. The van der Waals surface area contributed by atoms with Crippen LogP contribution in [-0.2, 0) is 22.4 Å². The van der Waals surface area contributed by atoms with Gasteiger partial charge in [-0.15, -0.1) is 5.10 Å². The summed E-state index contributed by atoms with van der Waals surface area (Å²) in [6, 6.07) is 0.531. The van der Waals surface area contributed by atoms with Crippen molar-refractivity contribution in [1.82, 2.24) is 15.5 Å². The number of hydrazone groups is 1. The van der Waals surface area contributed by atoms with Crippen LogP contribution in [0.2, 0.25) is 10.0 Å². The van der Waals surface area contributed by atoms with E-state index >= 15 is 0 Å². The van der Waals surface area contributed by atoms with Crippen molar-refractivity contribution in [1.29, 1.82) is 5.26 Å². The Morgan fingerprint density at radius 2 is 2.03 bits per heavy atom. The van der Waals surface area contributed by atoms with Crippen LogP contribution in [-0.4, -0.2) is 34.5 Å². The number of hydrogen-bond donors (Lipinski definition) is 3. The van der Waals surface area contributed by atoms with Crippen molar-refractivity contribution in [3.8, 4) is 17.7 Å². The average molecular weight is 481 g/mol. The number of aromatic amines is 1. The number of H-pyrrole nitrogens is 1. The molecule has 0 unspecified atom stereocenters. The zero-order chi connectivity index (χ0) is 25.0. The van der Waals surface area contributed by atoms with Crippen LogP contribution >= 0.6 is 23.2 Å². The first-order valence-electron chi connectivity index (χ1n) is 10.2. The van der Waals surface area contributed by atoms with E-state index in [9.17, 15) is 14.4 Å². The van der Waals surface area contributed by atoms with Gasteiger partial charge in [-0.1, -0.05) is 23.2 Å². The minimum absolute atomic E-state index is 0.00358. The molecule has 32 heavy (non-hydrogen) atoms. The number of nitrogens with zero attached hydrogens (tertiary/aromatic N) is 3. The van der Waals surface area contributed by atoms with Crippen molar-refractivity contribution in [3.05, 3.63) is 43.6 Å². The van der Waals surface area contributed by atoms with Gasteiger partial charge in [-0.2, -0.15) is 10.4 Å². The van der Waals surface area contributed by atoms with Gasteiger partial charge < -0.3 is 9.47 Å².